The van der Waals surface area contributed by atoms with Crippen LogP contribution in [-0.2, 0) is 15.8 Å². The summed E-state index contributed by atoms with van der Waals surface area (Å²) >= 11 is 0. The number of hydrogen-bond donors (Lipinski definition) is 4. The van der Waals surface area contributed by atoms with E-state index in [1.165, 1.54) is 0 Å². The van der Waals surface area contributed by atoms with E-state index in [2.05, 4.69) is 25.3 Å². The molecular weight excluding hydrogens is 604 g/mol. The van der Waals surface area contributed by atoms with Crippen molar-refractivity contribution in [3.63, 3.8) is 0 Å². The van der Waals surface area contributed by atoms with Gasteiger partial charge in [0, 0.05) is 35.2 Å². The minimum atomic E-state index is -3.68. The molecular formula is C34H34N6O5S. The Bertz CT molecular complexity index is 1960. The predicted molar refractivity (Wildman–Crippen MR) is 178 cm³/mol. The van der Waals surface area contributed by atoms with E-state index in [1.54, 1.807) is 42.7 Å². The molecule has 0 unspecified atom stereocenters. The number of rotatable bonds is 10. The lowest BCUT2D eigenvalue weighted by Gasteiger charge is -2.28. The van der Waals surface area contributed by atoms with Crippen molar-refractivity contribution >= 4 is 38.5 Å². The molecule has 1 fully saturated rings. The zero-order chi connectivity index (χ0) is 32.1. The Balaban J connectivity index is 1.24. The highest BCUT2D eigenvalue weighted by molar-refractivity contribution is 7.91. The average Bonchev–Trinajstić information content (AvgIpc) is 3.04. The number of ether oxygens (including phenoxy) is 1. The first-order valence-corrected chi connectivity index (χ1v) is 16.7. The van der Waals surface area contributed by atoms with Gasteiger partial charge in [0.25, 0.3) is 0 Å². The normalized spacial score (nSPS) is 16.5. The summed E-state index contributed by atoms with van der Waals surface area (Å²) in [6, 6.07) is 23.8. The Morgan fingerprint density at radius 1 is 0.870 bits per heavy atom. The number of sulfonamides is 1. The molecule has 11 nitrogen and oxygen atoms in total. The quantitative estimate of drug-likeness (QED) is 0.130. The Hall–Kier alpha value is -5.23. The third-order valence-electron chi connectivity index (χ3n) is 7.96. The molecule has 2 aromatic heterocycles. The number of amides is 1. The lowest BCUT2D eigenvalue weighted by atomic mass is 9.91. The molecule has 2 heterocycles. The van der Waals surface area contributed by atoms with Gasteiger partial charge in [0.1, 0.15) is 5.75 Å². The second-order valence-corrected chi connectivity index (χ2v) is 13.0. The molecule has 12 heteroatoms. The lowest BCUT2D eigenvalue weighted by molar-refractivity contribution is 0.185. The first-order chi connectivity index (χ1) is 22.2. The number of carbonyl (C=O) groups is 1. The molecule has 0 spiro atoms. The van der Waals surface area contributed by atoms with Gasteiger partial charge in [0.05, 0.1) is 22.7 Å². The Kier molecular flexibility index (Phi) is 8.97. The maximum Gasteiger partial charge on any atom is 0.404 e. The van der Waals surface area contributed by atoms with Gasteiger partial charge in [-0.1, -0.05) is 54.6 Å². The lowest BCUT2D eigenvalue weighted by Crippen LogP contribution is -2.39. The van der Waals surface area contributed by atoms with Gasteiger partial charge in [-0.05, 0) is 68.0 Å². The molecule has 0 saturated heterocycles. The molecule has 1 saturated carbocycles. The number of aryl methyl sites for hydroxylation is 1. The van der Waals surface area contributed by atoms with Crippen molar-refractivity contribution in [1.82, 2.24) is 20.3 Å². The van der Waals surface area contributed by atoms with Crippen LogP contribution in [0.4, 0.5) is 16.4 Å². The van der Waals surface area contributed by atoms with E-state index in [1.807, 2.05) is 55.5 Å². The molecule has 1 aliphatic rings. The first-order valence-electron chi connectivity index (χ1n) is 15.0. The zero-order valence-electron chi connectivity index (χ0n) is 25.2. The highest BCUT2D eigenvalue weighted by Gasteiger charge is 2.23. The molecule has 4 N–H and O–H groups in total. The molecule has 0 bridgehead atoms. The minimum absolute atomic E-state index is 0.0408. The summed E-state index contributed by atoms with van der Waals surface area (Å²) in [5.74, 6) is 1.23. The number of hydrogen-bond acceptors (Lipinski definition) is 8. The number of benzene rings is 3. The van der Waals surface area contributed by atoms with Gasteiger partial charge in [0.2, 0.25) is 21.9 Å². The van der Waals surface area contributed by atoms with Gasteiger partial charge in [-0.15, -0.1) is 0 Å². The molecule has 46 heavy (non-hydrogen) atoms. The van der Waals surface area contributed by atoms with E-state index in [9.17, 15) is 13.2 Å². The predicted octanol–water partition coefficient (Wildman–Crippen LogP) is 6.73. The molecule has 0 radical (unpaired) electrons. The van der Waals surface area contributed by atoms with E-state index >= 15 is 0 Å². The molecule has 0 atom stereocenters. The number of fused-ring (bicyclic) bond motifs is 1. The largest absolute Gasteiger partial charge is 0.465 e. The zero-order valence-corrected chi connectivity index (χ0v) is 26.0. The van der Waals surface area contributed by atoms with Crippen molar-refractivity contribution in [1.29, 1.82) is 0 Å². The molecule has 6 rings (SSSR count). The number of pyridine rings is 1. The van der Waals surface area contributed by atoms with E-state index in [0.29, 0.717) is 45.5 Å². The van der Waals surface area contributed by atoms with Gasteiger partial charge in [-0.2, -0.15) is 0 Å². The fourth-order valence-corrected chi connectivity index (χ4v) is 6.96. The standard InChI is InChI=1S/C34H34N6O5S/c1-22-12-17-26-27(9-5-11-30(26)40-46(43,44)21-23-7-3-2-4-8-23)31(22)45-32-28(10-6-19-35-32)29-18-20-36-33(39-29)37-24-13-15-25(16-14-24)38-34(41)42/h2-12,17-20,24-25,38,40H,13-16,21H2,1H3,(H,41,42)(H,36,37,39)/t24-,25-. The summed E-state index contributed by atoms with van der Waals surface area (Å²) in [7, 11) is -3.68. The van der Waals surface area contributed by atoms with E-state index in [0.717, 1.165) is 36.6 Å². The molecule has 5 aromatic rings. The van der Waals surface area contributed by atoms with Crippen LogP contribution in [0.15, 0.2) is 91.3 Å². The molecule has 3 aromatic carbocycles. The van der Waals surface area contributed by atoms with Crippen LogP contribution in [0.5, 0.6) is 11.6 Å². The third-order valence-corrected chi connectivity index (χ3v) is 9.21. The number of nitrogens with one attached hydrogen (secondary N) is 3. The Morgan fingerprint density at radius 3 is 2.43 bits per heavy atom. The summed E-state index contributed by atoms with van der Waals surface area (Å²) in [5, 5.41) is 16.4. The van der Waals surface area contributed by atoms with Crippen LogP contribution < -0.4 is 20.1 Å². The van der Waals surface area contributed by atoms with Crippen molar-refractivity contribution < 1.29 is 23.1 Å². The first kappa shape index (κ1) is 30.8. The molecule has 0 aliphatic heterocycles. The monoisotopic (exact) mass is 638 g/mol. The van der Waals surface area contributed by atoms with Gasteiger partial charge in [0.15, 0.2) is 0 Å². The summed E-state index contributed by atoms with van der Waals surface area (Å²) in [4.78, 5) is 24.7. The molecule has 1 amide bonds. The van der Waals surface area contributed by atoms with Gasteiger partial charge >= 0.3 is 6.09 Å². The van der Waals surface area contributed by atoms with E-state index in [-0.39, 0.29) is 17.8 Å². The Labute approximate surface area is 267 Å². The summed E-state index contributed by atoms with van der Waals surface area (Å²) in [6.45, 7) is 1.93. The second-order valence-electron chi connectivity index (χ2n) is 11.3. The van der Waals surface area contributed by atoms with Crippen molar-refractivity contribution in [2.45, 2.75) is 50.4 Å². The number of anilines is 2. The maximum absolute atomic E-state index is 13.1. The summed E-state index contributed by atoms with van der Waals surface area (Å²) in [6.07, 6.45) is 5.40. The number of carboxylic acid groups (broad SMARTS) is 1. The van der Waals surface area contributed by atoms with Crippen LogP contribution in [0.1, 0.15) is 36.8 Å². The van der Waals surface area contributed by atoms with Crippen LogP contribution in [0.25, 0.3) is 22.0 Å². The second kappa shape index (κ2) is 13.4. The van der Waals surface area contributed by atoms with Crippen LogP contribution >= 0.6 is 0 Å². The van der Waals surface area contributed by atoms with Gasteiger partial charge < -0.3 is 20.5 Å². The maximum atomic E-state index is 13.1. The highest BCUT2D eigenvalue weighted by Crippen LogP contribution is 2.39. The minimum Gasteiger partial charge on any atom is -0.465 e. The van der Waals surface area contributed by atoms with Gasteiger partial charge in [-0.3, -0.25) is 4.72 Å². The van der Waals surface area contributed by atoms with E-state index < -0.39 is 16.1 Å². The smallest absolute Gasteiger partial charge is 0.404 e. The number of nitrogens with zero attached hydrogens (tertiary/aromatic N) is 3. The van der Waals surface area contributed by atoms with Crippen molar-refractivity contribution in [3.05, 3.63) is 102 Å². The SMILES string of the molecule is Cc1ccc2c(NS(=O)(=O)Cc3ccccc3)cccc2c1Oc1ncccc1-c1ccnc(N[C@H]2CC[C@H](NC(=O)O)CC2)n1. The summed E-state index contributed by atoms with van der Waals surface area (Å²) in [5.41, 5.74) is 3.29. The average molecular weight is 639 g/mol. The molecule has 236 valence electrons. The summed E-state index contributed by atoms with van der Waals surface area (Å²) < 4.78 is 35.4. The van der Waals surface area contributed by atoms with Gasteiger partial charge in [-0.25, -0.2) is 28.2 Å². The molecule has 1 aliphatic carbocycles. The topological polar surface area (TPSA) is 155 Å². The van der Waals surface area contributed by atoms with E-state index in [4.69, 9.17) is 14.8 Å². The fraction of sp³-hybridized carbons (Fsp3) is 0.235. The van der Waals surface area contributed by atoms with Crippen molar-refractivity contribution in [2.75, 3.05) is 10.0 Å². The van der Waals surface area contributed by atoms with Crippen molar-refractivity contribution in [2.24, 2.45) is 0 Å². The highest BCUT2D eigenvalue weighted by atomic mass is 32.2. The third kappa shape index (κ3) is 7.35. The number of aromatic nitrogens is 3. The van der Waals surface area contributed by atoms with Crippen LogP contribution in [0, 0.1) is 6.92 Å². The van der Waals surface area contributed by atoms with Crippen LogP contribution in [0.2, 0.25) is 0 Å². The van der Waals surface area contributed by atoms with Crippen molar-refractivity contribution in [3.8, 4) is 22.9 Å². The van der Waals surface area contributed by atoms with Crippen LogP contribution in [0.3, 0.4) is 0 Å². The fourth-order valence-electron chi connectivity index (χ4n) is 5.74. The van der Waals surface area contributed by atoms with Crippen LogP contribution in [-0.4, -0.2) is 46.7 Å². The Morgan fingerprint density at radius 2 is 1.65 bits per heavy atom.